The van der Waals surface area contributed by atoms with Gasteiger partial charge >= 0.3 is 12.1 Å². The van der Waals surface area contributed by atoms with Crippen molar-refractivity contribution in [3.63, 3.8) is 0 Å². The molecular formula is C26H31BrF3N3O3S. The fraction of sp³-hybridized carbons (Fsp3) is 0.423. The highest BCUT2D eigenvalue weighted by atomic mass is 79.9. The summed E-state index contributed by atoms with van der Waals surface area (Å²) in [5, 5.41) is 16.2. The van der Waals surface area contributed by atoms with Gasteiger partial charge in [-0.1, -0.05) is 12.1 Å². The number of benzene rings is 2. The van der Waals surface area contributed by atoms with E-state index in [1.165, 1.54) is 30.8 Å². The number of esters is 1. The summed E-state index contributed by atoms with van der Waals surface area (Å²) in [5.41, 5.74) is 0.771. The topological polar surface area (TPSA) is 68.2 Å². The van der Waals surface area contributed by atoms with Crippen LogP contribution in [0.4, 0.5) is 13.2 Å². The molecule has 11 heteroatoms. The molecule has 0 spiro atoms. The Morgan fingerprint density at radius 1 is 1.11 bits per heavy atom. The Balaban J connectivity index is 0.00000481. The largest absolute Gasteiger partial charge is 1.00 e. The normalized spacial score (nSPS) is 13.6. The van der Waals surface area contributed by atoms with Gasteiger partial charge < -0.3 is 26.8 Å². The van der Waals surface area contributed by atoms with E-state index < -0.39 is 22.1 Å². The standard InChI is InChI=1S/C26H31F3N3O3S.BrH/c1-17-11-20(12-18(2)23(17)35-19(3)33)13-31-15-30-32(16-31)14-25(34,24(4,5)36-6)21-7-9-22(10-8-21)26(27,28)29;/h7-12,15-16,34H,13-14H2,1-6H3;1H/q+1;/p-1. The van der Waals surface area contributed by atoms with Crippen LogP contribution in [-0.4, -0.2) is 31.9 Å². The molecule has 2 aromatic carbocycles. The minimum atomic E-state index is -4.45. The predicted molar refractivity (Wildman–Crippen MR) is 132 cm³/mol. The molecular weight excluding hydrogens is 571 g/mol. The number of rotatable bonds is 8. The van der Waals surface area contributed by atoms with E-state index in [-0.39, 0.29) is 29.5 Å². The lowest BCUT2D eigenvalue weighted by Gasteiger charge is -2.40. The molecule has 3 rings (SSSR count). The minimum Gasteiger partial charge on any atom is -1.00 e. The zero-order chi connectivity index (χ0) is 26.9. The van der Waals surface area contributed by atoms with Crippen molar-refractivity contribution in [1.82, 2.24) is 9.78 Å². The number of carbonyl (C=O) groups excluding carboxylic acids is 1. The Hall–Kier alpha value is -2.37. The number of nitrogens with zero attached hydrogens (tertiary/aromatic N) is 3. The number of ether oxygens (including phenoxy) is 1. The van der Waals surface area contributed by atoms with Gasteiger partial charge in [-0.15, -0.1) is 4.68 Å². The maximum absolute atomic E-state index is 13.1. The first-order valence-corrected chi connectivity index (χ1v) is 12.5. The number of hydrogen-bond donors (Lipinski definition) is 1. The molecule has 0 aliphatic rings. The maximum atomic E-state index is 13.1. The van der Waals surface area contributed by atoms with Crippen LogP contribution in [0.2, 0.25) is 0 Å². The molecule has 0 fully saturated rings. The predicted octanol–water partition coefficient (Wildman–Crippen LogP) is 1.81. The molecule has 37 heavy (non-hydrogen) atoms. The van der Waals surface area contributed by atoms with Gasteiger partial charge in [-0.05, 0) is 80.5 Å². The molecule has 1 aromatic heterocycles. The second-order valence-corrected chi connectivity index (χ2v) is 10.8. The van der Waals surface area contributed by atoms with Crippen LogP contribution < -0.4 is 26.3 Å². The molecule has 0 amide bonds. The molecule has 6 nitrogen and oxygen atoms in total. The Kier molecular flexibility index (Phi) is 9.65. The highest BCUT2D eigenvalue weighted by Crippen LogP contribution is 2.43. The number of carbonyl (C=O) groups is 1. The summed E-state index contributed by atoms with van der Waals surface area (Å²) in [4.78, 5) is 11.4. The third-order valence-corrected chi connectivity index (χ3v) is 7.71. The quantitative estimate of drug-likeness (QED) is 0.242. The van der Waals surface area contributed by atoms with E-state index in [4.69, 9.17) is 4.74 Å². The summed E-state index contributed by atoms with van der Waals surface area (Å²) in [5.74, 6) is 0.172. The average Bonchev–Trinajstić information content (AvgIpc) is 3.21. The third kappa shape index (κ3) is 6.94. The van der Waals surface area contributed by atoms with Crippen LogP contribution in [-0.2, 0) is 29.7 Å². The van der Waals surface area contributed by atoms with Gasteiger partial charge in [0.25, 0.3) is 6.33 Å². The summed E-state index contributed by atoms with van der Waals surface area (Å²) in [6.45, 7) is 9.35. The Morgan fingerprint density at radius 2 is 1.65 bits per heavy atom. The van der Waals surface area contributed by atoms with Crippen LogP contribution in [0, 0.1) is 13.8 Å². The van der Waals surface area contributed by atoms with Crippen molar-refractivity contribution in [2.24, 2.45) is 0 Å². The molecule has 1 atom stereocenters. The number of aromatic nitrogens is 3. The van der Waals surface area contributed by atoms with Crippen molar-refractivity contribution < 1.29 is 49.4 Å². The molecule has 0 saturated carbocycles. The summed E-state index contributed by atoms with van der Waals surface area (Å²) in [7, 11) is 0. The van der Waals surface area contributed by atoms with Crippen LogP contribution in [0.1, 0.15) is 48.6 Å². The zero-order valence-electron chi connectivity index (χ0n) is 21.6. The minimum absolute atomic E-state index is 0. The van der Waals surface area contributed by atoms with Crippen molar-refractivity contribution in [1.29, 1.82) is 0 Å². The first kappa shape index (κ1) is 30.9. The Morgan fingerprint density at radius 3 is 2.14 bits per heavy atom. The third-order valence-electron chi connectivity index (χ3n) is 6.35. The number of aryl methyl sites for hydroxylation is 2. The zero-order valence-corrected chi connectivity index (χ0v) is 24.0. The second-order valence-electron chi connectivity index (χ2n) is 9.42. The van der Waals surface area contributed by atoms with Crippen LogP contribution in [0.25, 0.3) is 0 Å². The number of alkyl halides is 3. The number of thioether (sulfide) groups is 1. The van der Waals surface area contributed by atoms with Crippen LogP contribution >= 0.6 is 11.8 Å². The van der Waals surface area contributed by atoms with E-state index in [1.54, 1.807) is 17.3 Å². The molecule has 0 aliphatic heterocycles. The molecule has 0 radical (unpaired) electrons. The molecule has 0 saturated heterocycles. The first-order valence-electron chi connectivity index (χ1n) is 11.3. The molecule has 202 valence electrons. The summed E-state index contributed by atoms with van der Waals surface area (Å²) in [6.07, 6.45) is 0.773. The van der Waals surface area contributed by atoms with Crippen molar-refractivity contribution in [2.45, 2.75) is 64.2 Å². The number of hydrogen-bond acceptors (Lipinski definition) is 5. The van der Waals surface area contributed by atoms with Crippen molar-refractivity contribution in [3.8, 4) is 5.75 Å². The van der Waals surface area contributed by atoms with Gasteiger partial charge in [0.2, 0.25) is 6.33 Å². The molecule has 1 heterocycles. The fourth-order valence-corrected chi connectivity index (χ4v) is 4.66. The summed E-state index contributed by atoms with van der Waals surface area (Å²) >= 11 is 1.42. The lowest BCUT2D eigenvalue weighted by Crippen LogP contribution is -3.00. The van der Waals surface area contributed by atoms with E-state index in [0.29, 0.717) is 17.9 Å². The van der Waals surface area contributed by atoms with Gasteiger partial charge in [0.1, 0.15) is 17.9 Å². The number of aliphatic hydroxyl groups is 1. The molecule has 1 unspecified atom stereocenters. The van der Waals surface area contributed by atoms with E-state index in [0.717, 1.165) is 28.8 Å². The fourth-order valence-electron chi connectivity index (χ4n) is 4.14. The van der Waals surface area contributed by atoms with Gasteiger partial charge in [0.05, 0.1) is 12.1 Å². The van der Waals surface area contributed by atoms with Crippen molar-refractivity contribution >= 4 is 17.7 Å². The van der Waals surface area contributed by atoms with Crippen LogP contribution in [0.15, 0.2) is 49.1 Å². The molecule has 3 aromatic rings. The van der Waals surface area contributed by atoms with E-state index in [1.807, 2.05) is 50.7 Å². The lowest BCUT2D eigenvalue weighted by atomic mass is 9.82. The van der Waals surface area contributed by atoms with Gasteiger partial charge in [-0.3, -0.25) is 4.79 Å². The van der Waals surface area contributed by atoms with E-state index >= 15 is 0 Å². The lowest BCUT2D eigenvalue weighted by molar-refractivity contribution is -0.689. The van der Waals surface area contributed by atoms with Crippen molar-refractivity contribution in [3.05, 3.63) is 76.9 Å². The van der Waals surface area contributed by atoms with Crippen LogP contribution in [0.5, 0.6) is 5.75 Å². The Labute approximate surface area is 229 Å². The van der Waals surface area contributed by atoms with Crippen LogP contribution in [0.3, 0.4) is 0 Å². The maximum Gasteiger partial charge on any atom is 0.416 e. The van der Waals surface area contributed by atoms with Gasteiger partial charge in [0.15, 0.2) is 0 Å². The monoisotopic (exact) mass is 601 g/mol. The van der Waals surface area contributed by atoms with Gasteiger partial charge in [0, 0.05) is 16.8 Å². The van der Waals surface area contributed by atoms with Gasteiger partial charge in [-0.25, -0.2) is 4.57 Å². The average molecular weight is 603 g/mol. The molecule has 1 N–H and O–H groups in total. The highest BCUT2D eigenvalue weighted by molar-refractivity contribution is 8.00. The SMILES string of the molecule is CSC(C)(C)C(O)(Cn1c[n+](Cc2cc(C)c(OC(C)=O)c(C)c2)cn1)c1ccc(C(F)(F)F)cc1.[Br-]. The number of halogens is 4. The molecule has 0 aliphatic carbocycles. The van der Waals surface area contributed by atoms with E-state index in [9.17, 15) is 23.1 Å². The van der Waals surface area contributed by atoms with Crippen molar-refractivity contribution in [2.75, 3.05) is 6.26 Å². The smallest absolute Gasteiger partial charge is 0.416 e. The summed E-state index contributed by atoms with van der Waals surface area (Å²) < 4.78 is 47.2. The summed E-state index contributed by atoms with van der Waals surface area (Å²) in [6, 6.07) is 8.51. The Bertz CT molecular complexity index is 1220. The first-order chi connectivity index (χ1) is 16.7. The highest BCUT2D eigenvalue weighted by Gasteiger charge is 2.47. The van der Waals surface area contributed by atoms with Gasteiger partial charge in [-0.2, -0.15) is 24.9 Å². The molecule has 0 bridgehead atoms. The van der Waals surface area contributed by atoms with E-state index in [2.05, 4.69) is 5.10 Å². The second kappa shape index (κ2) is 11.6.